The Hall–Kier alpha value is -0.370. The van der Waals surface area contributed by atoms with Gasteiger partial charge in [-0.05, 0) is 46.7 Å². The van der Waals surface area contributed by atoms with Crippen LogP contribution in [-0.2, 0) is 10.0 Å². The first-order valence-corrected chi connectivity index (χ1v) is 9.26. The SMILES string of the molecule is CC1CCC(NS(=O)(=O)c2cc(Cl)c(Br)c(N)c2F)C1C. The second-order valence-corrected chi connectivity index (χ2v) is 8.42. The highest BCUT2D eigenvalue weighted by molar-refractivity contribution is 9.10. The van der Waals surface area contributed by atoms with E-state index in [9.17, 15) is 12.8 Å². The molecular formula is C13H17BrClFN2O2S. The lowest BCUT2D eigenvalue weighted by Gasteiger charge is -2.20. The Kier molecular flexibility index (Phi) is 4.87. The summed E-state index contributed by atoms with van der Waals surface area (Å²) >= 11 is 8.90. The Bertz CT molecular complexity index is 669. The van der Waals surface area contributed by atoms with Gasteiger partial charge in [-0.3, -0.25) is 0 Å². The Morgan fingerprint density at radius 2 is 2.05 bits per heavy atom. The van der Waals surface area contributed by atoms with Crippen molar-refractivity contribution in [2.45, 2.75) is 37.6 Å². The van der Waals surface area contributed by atoms with Crippen LogP contribution in [-0.4, -0.2) is 14.5 Å². The molecule has 0 aliphatic heterocycles. The van der Waals surface area contributed by atoms with Crippen LogP contribution in [0.1, 0.15) is 26.7 Å². The standard InChI is InChI=1S/C13H17BrClFN2O2S/c1-6-3-4-9(7(6)2)18-21(19,20)10-5-8(15)11(14)13(17)12(10)16/h5-7,9,18H,3-4,17H2,1-2H3. The van der Waals surface area contributed by atoms with Crippen LogP contribution in [0.5, 0.6) is 0 Å². The second kappa shape index (κ2) is 6.02. The van der Waals surface area contributed by atoms with E-state index in [0.717, 1.165) is 18.9 Å². The van der Waals surface area contributed by atoms with Crippen LogP contribution in [0.15, 0.2) is 15.4 Å². The van der Waals surface area contributed by atoms with E-state index in [0.29, 0.717) is 5.92 Å². The molecule has 3 unspecified atom stereocenters. The van der Waals surface area contributed by atoms with Crippen LogP contribution < -0.4 is 10.5 Å². The Morgan fingerprint density at radius 3 is 2.57 bits per heavy atom. The first-order chi connectivity index (χ1) is 9.65. The fourth-order valence-corrected chi connectivity index (χ4v) is 4.63. The molecule has 1 fully saturated rings. The summed E-state index contributed by atoms with van der Waals surface area (Å²) < 4.78 is 41.7. The van der Waals surface area contributed by atoms with Crippen LogP contribution in [0.3, 0.4) is 0 Å². The molecule has 0 saturated heterocycles. The van der Waals surface area contributed by atoms with E-state index in [2.05, 4.69) is 27.6 Å². The third-order valence-corrected chi connectivity index (χ3v) is 7.09. The van der Waals surface area contributed by atoms with E-state index in [1.165, 1.54) is 0 Å². The average Bonchev–Trinajstić information content (AvgIpc) is 2.72. The largest absolute Gasteiger partial charge is 0.395 e. The molecule has 1 aliphatic rings. The number of nitrogens with one attached hydrogen (secondary N) is 1. The van der Waals surface area contributed by atoms with Crippen molar-refractivity contribution in [3.8, 4) is 0 Å². The smallest absolute Gasteiger partial charge is 0.243 e. The highest BCUT2D eigenvalue weighted by Crippen LogP contribution is 2.36. The Labute approximate surface area is 137 Å². The molecule has 8 heteroatoms. The van der Waals surface area contributed by atoms with Crippen molar-refractivity contribution in [1.29, 1.82) is 0 Å². The number of nitrogen functional groups attached to an aromatic ring is 1. The minimum absolute atomic E-state index is 0.0575. The van der Waals surface area contributed by atoms with Gasteiger partial charge >= 0.3 is 0 Å². The zero-order valence-electron chi connectivity index (χ0n) is 11.7. The average molecular weight is 400 g/mol. The summed E-state index contributed by atoms with van der Waals surface area (Å²) in [6, 6.07) is 0.871. The number of hydrogen-bond donors (Lipinski definition) is 2. The van der Waals surface area contributed by atoms with Crippen LogP contribution in [0.2, 0.25) is 5.02 Å². The van der Waals surface area contributed by atoms with Gasteiger partial charge in [0.25, 0.3) is 0 Å². The summed E-state index contributed by atoms with van der Waals surface area (Å²) in [6.45, 7) is 4.07. The van der Waals surface area contributed by atoms with Crippen molar-refractivity contribution in [2.24, 2.45) is 11.8 Å². The topological polar surface area (TPSA) is 72.2 Å². The Morgan fingerprint density at radius 1 is 1.43 bits per heavy atom. The fourth-order valence-electron chi connectivity index (χ4n) is 2.59. The Balaban J connectivity index is 2.37. The van der Waals surface area contributed by atoms with Gasteiger partial charge in [0, 0.05) is 6.04 Å². The van der Waals surface area contributed by atoms with Crippen molar-refractivity contribution in [3.63, 3.8) is 0 Å². The van der Waals surface area contributed by atoms with Crippen molar-refractivity contribution in [3.05, 3.63) is 21.4 Å². The first kappa shape index (κ1) is 17.0. The predicted octanol–water partition coefficient (Wildman–Crippen LogP) is 3.54. The number of sulfonamides is 1. The van der Waals surface area contributed by atoms with Crippen LogP contribution >= 0.6 is 27.5 Å². The van der Waals surface area contributed by atoms with Gasteiger partial charge in [0.15, 0.2) is 5.82 Å². The maximum Gasteiger partial charge on any atom is 0.243 e. The summed E-state index contributed by atoms with van der Waals surface area (Å²) in [5.74, 6) is -0.357. The number of halogens is 3. The molecule has 21 heavy (non-hydrogen) atoms. The normalized spacial score (nSPS) is 26.2. The van der Waals surface area contributed by atoms with Crippen LogP contribution in [0.25, 0.3) is 0 Å². The molecule has 0 spiro atoms. The molecule has 1 saturated carbocycles. The van der Waals surface area contributed by atoms with Crippen molar-refractivity contribution >= 4 is 43.2 Å². The van der Waals surface area contributed by atoms with Gasteiger partial charge in [-0.15, -0.1) is 0 Å². The number of nitrogens with two attached hydrogens (primary N) is 1. The summed E-state index contributed by atoms with van der Waals surface area (Å²) in [5.41, 5.74) is 5.23. The summed E-state index contributed by atoms with van der Waals surface area (Å²) in [5, 5.41) is 0.0575. The molecular weight excluding hydrogens is 383 g/mol. The molecule has 3 atom stereocenters. The van der Waals surface area contributed by atoms with Crippen molar-refractivity contribution in [1.82, 2.24) is 4.72 Å². The molecule has 0 aromatic heterocycles. The fraction of sp³-hybridized carbons (Fsp3) is 0.538. The van der Waals surface area contributed by atoms with Gasteiger partial charge < -0.3 is 5.73 Å². The maximum absolute atomic E-state index is 14.2. The monoisotopic (exact) mass is 398 g/mol. The second-order valence-electron chi connectivity index (χ2n) is 5.54. The number of anilines is 1. The van der Waals surface area contributed by atoms with E-state index in [4.69, 9.17) is 17.3 Å². The molecule has 0 amide bonds. The highest BCUT2D eigenvalue weighted by atomic mass is 79.9. The molecule has 0 radical (unpaired) electrons. The molecule has 1 aromatic carbocycles. The lowest BCUT2D eigenvalue weighted by atomic mass is 9.98. The molecule has 2 rings (SSSR count). The molecule has 1 aliphatic carbocycles. The van der Waals surface area contributed by atoms with Crippen LogP contribution in [0.4, 0.5) is 10.1 Å². The lowest BCUT2D eigenvalue weighted by Crippen LogP contribution is -2.37. The number of hydrogen-bond acceptors (Lipinski definition) is 3. The molecule has 4 nitrogen and oxygen atoms in total. The van der Waals surface area contributed by atoms with Crippen molar-refractivity contribution in [2.75, 3.05) is 5.73 Å². The van der Waals surface area contributed by atoms with E-state index < -0.39 is 20.7 Å². The summed E-state index contributed by atoms with van der Waals surface area (Å²) in [4.78, 5) is -0.514. The molecule has 0 bridgehead atoms. The summed E-state index contributed by atoms with van der Waals surface area (Å²) in [7, 11) is -4.00. The van der Waals surface area contributed by atoms with Gasteiger partial charge in [0.2, 0.25) is 10.0 Å². The minimum atomic E-state index is -4.00. The zero-order chi connectivity index (χ0) is 15.9. The zero-order valence-corrected chi connectivity index (χ0v) is 14.8. The maximum atomic E-state index is 14.2. The minimum Gasteiger partial charge on any atom is -0.395 e. The van der Waals surface area contributed by atoms with E-state index >= 15 is 0 Å². The van der Waals surface area contributed by atoms with Gasteiger partial charge in [-0.1, -0.05) is 25.4 Å². The molecule has 1 aromatic rings. The first-order valence-electron chi connectivity index (χ1n) is 6.60. The predicted molar refractivity (Wildman–Crippen MR) is 85.2 cm³/mol. The summed E-state index contributed by atoms with van der Waals surface area (Å²) in [6.07, 6.45) is 1.68. The highest BCUT2D eigenvalue weighted by Gasteiger charge is 2.34. The van der Waals surface area contributed by atoms with Crippen LogP contribution in [0, 0.1) is 17.7 Å². The molecule has 118 valence electrons. The van der Waals surface area contributed by atoms with E-state index in [-0.39, 0.29) is 27.1 Å². The molecule has 3 N–H and O–H groups in total. The molecule has 0 heterocycles. The lowest BCUT2D eigenvalue weighted by molar-refractivity contribution is 0.401. The van der Waals surface area contributed by atoms with E-state index in [1.54, 1.807) is 0 Å². The van der Waals surface area contributed by atoms with Gasteiger partial charge in [-0.25, -0.2) is 17.5 Å². The van der Waals surface area contributed by atoms with Gasteiger partial charge in [0.05, 0.1) is 15.2 Å². The van der Waals surface area contributed by atoms with Gasteiger partial charge in [0.1, 0.15) is 4.90 Å². The third kappa shape index (κ3) is 3.21. The van der Waals surface area contributed by atoms with E-state index in [1.807, 2.05) is 6.92 Å². The number of benzene rings is 1. The quantitative estimate of drug-likeness (QED) is 0.603. The number of rotatable bonds is 3. The third-order valence-electron chi connectivity index (χ3n) is 4.22. The van der Waals surface area contributed by atoms with Gasteiger partial charge in [-0.2, -0.15) is 0 Å². The van der Waals surface area contributed by atoms with Crippen molar-refractivity contribution < 1.29 is 12.8 Å².